The standard InChI is InChI=1S/C10H19N/c1-4-6-7-8-10(3)9-11-5-2/h1,10-11H,5-9H2,2-3H3. The van der Waals surface area contributed by atoms with Crippen molar-refractivity contribution in [3.63, 3.8) is 0 Å². The molecule has 0 aromatic carbocycles. The van der Waals surface area contributed by atoms with Crippen LogP contribution in [0.3, 0.4) is 0 Å². The van der Waals surface area contributed by atoms with Crippen LogP contribution in [0.25, 0.3) is 0 Å². The molecule has 0 aromatic rings. The van der Waals surface area contributed by atoms with Gasteiger partial charge >= 0.3 is 0 Å². The molecule has 0 rings (SSSR count). The van der Waals surface area contributed by atoms with Gasteiger partial charge in [-0.15, -0.1) is 12.3 Å². The molecule has 1 unspecified atom stereocenters. The fraction of sp³-hybridized carbons (Fsp3) is 0.800. The van der Waals surface area contributed by atoms with E-state index in [1.54, 1.807) is 0 Å². The molecule has 0 saturated carbocycles. The quantitative estimate of drug-likeness (QED) is 0.455. The third-order valence-electron chi connectivity index (χ3n) is 1.76. The van der Waals surface area contributed by atoms with Gasteiger partial charge in [0.2, 0.25) is 0 Å². The highest BCUT2D eigenvalue weighted by atomic mass is 14.8. The van der Waals surface area contributed by atoms with Crippen LogP contribution in [0.2, 0.25) is 0 Å². The number of rotatable bonds is 6. The Kier molecular flexibility index (Phi) is 7.29. The van der Waals surface area contributed by atoms with E-state index in [9.17, 15) is 0 Å². The molecule has 1 nitrogen and oxygen atoms in total. The lowest BCUT2D eigenvalue weighted by atomic mass is 10.0. The zero-order valence-corrected chi connectivity index (χ0v) is 7.69. The highest BCUT2D eigenvalue weighted by Crippen LogP contribution is 2.05. The Labute approximate surface area is 70.6 Å². The van der Waals surface area contributed by atoms with Crippen molar-refractivity contribution < 1.29 is 0 Å². The summed E-state index contributed by atoms with van der Waals surface area (Å²) in [6.45, 7) is 6.59. The fourth-order valence-corrected chi connectivity index (χ4v) is 1.05. The molecule has 0 aliphatic carbocycles. The second-order valence-electron chi connectivity index (χ2n) is 3.01. The Balaban J connectivity index is 3.10. The Hall–Kier alpha value is -0.480. The van der Waals surface area contributed by atoms with Crippen LogP contribution in [0.15, 0.2) is 0 Å². The number of hydrogen-bond donors (Lipinski definition) is 1. The van der Waals surface area contributed by atoms with Crippen molar-refractivity contribution >= 4 is 0 Å². The monoisotopic (exact) mass is 153 g/mol. The minimum atomic E-state index is 0.767. The van der Waals surface area contributed by atoms with Gasteiger partial charge in [-0.3, -0.25) is 0 Å². The summed E-state index contributed by atoms with van der Waals surface area (Å²) < 4.78 is 0. The zero-order valence-electron chi connectivity index (χ0n) is 7.69. The zero-order chi connectivity index (χ0) is 8.53. The van der Waals surface area contributed by atoms with E-state index in [2.05, 4.69) is 25.1 Å². The molecule has 1 atom stereocenters. The largest absolute Gasteiger partial charge is 0.317 e. The normalized spacial score (nSPS) is 12.5. The second-order valence-corrected chi connectivity index (χ2v) is 3.01. The van der Waals surface area contributed by atoms with Gasteiger partial charge in [0.05, 0.1) is 0 Å². The van der Waals surface area contributed by atoms with Crippen LogP contribution in [0.4, 0.5) is 0 Å². The van der Waals surface area contributed by atoms with Gasteiger partial charge in [0.25, 0.3) is 0 Å². The molecule has 0 spiro atoms. The first kappa shape index (κ1) is 10.5. The van der Waals surface area contributed by atoms with Crippen molar-refractivity contribution in [1.29, 1.82) is 0 Å². The molecular weight excluding hydrogens is 134 g/mol. The first-order valence-electron chi connectivity index (χ1n) is 4.45. The Morgan fingerprint density at radius 2 is 2.27 bits per heavy atom. The smallest absolute Gasteiger partial charge is 0.00861 e. The van der Waals surface area contributed by atoms with Crippen molar-refractivity contribution in [1.82, 2.24) is 5.32 Å². The topological polar surface area (TPSA) is 12.0 Å². The number of terminal acetylenes is 1. The maximum Gasteiger partial charge on any atom is 0.00861 e. The Morgan fingerprint density at radius 3 is 2.82 bits per heavy atom. The molecule has 0 aromatic heterocycles. The van der Waals surface area contributed by atoms with Crippen LogP contribution >= 0.6 is 0 Å². The van der Waals surface area contributed by atoms with Crippen molar-refractivity contribution in [2.45, 2.75) is 33.1 Å². The van der Waals surface area contributed by atoms with Crippen LogP contribution in [0.1, 0.15) is 33.1 Å². The molecular formula is C10H19N. The van der Waals surface area contributed by atoms with Gasteiger partial charge in [0, 0.05) is 6.42 Å². The highest BCUT2D eigenvalue weighted by Gasteiger charge is 1.98. The molecule has 0 radical (unpaired) electrons. The van der Waals surface area contributed by atoms with Gasteiger partial charge in [-0.05, 0) is 31.8 Å². The van der Waals surface area contributed by atoms with E-state index >= 15 is 0 Å². The van der Waals surface area contributed by atoms with Crippen LogP contribution in [-0.2, 0) is 0 Å². The summed E-state index contributed by atoms with van der Waals surface area (Å²) in [6, 6.07) is 0. The summed E-state index contributed by atoms with van der Waals surface area (Å²) in [7, 11) is 0. The SMILES string of the molecule is C#CCCCC(C)CNCC. The predicted octanol–water partition coefficient (Wildman–Crippen LogP) is 2.04. The van der Waals surface area contributed by atoms with E-state index in [4.69, 9.17) is 6.42 Å². The molecule has 0 fully saturated rings. The summed E-state index contributed by atoms with van der Waals surface area (Å²) in [5.41, 5.74) is 0. The van der Waals surface area contributed by atoms with Crippen molar-refractivity contribution in [3.05, 3.63) is 0 Å². The van der Waals surface area contributed by atoms with Crippen LogP contribution in [0, 0.1) is 18.3 Å². The van der Waals surface area contributed by atoms with Crippen molar-refractivity contribution in [2.75, 3.05) is 13.1 Å². The number of nitrogens with one attached hydrogen (secondary N) is 1. The van der Waals surface area contributed by atoms with Crippen LogP contribution in [-0.4, -0.2) is 13.1 Å². The lowest BCUT2D eigenvalue weighted by Crippen LogP contribution is -2.20. The predicted molar refractivity (Wildman–Crippen MR) is 50.4 cm³/mol. The minimum absolute atomic E-state index is 0.767. The number of unbranched alkanes of at least 4 members (excludes halogenated alkanes) is 1. The van der Waals surface area contributed by atoms with Crippen LogP contribution in [0.5, 0.6) is 0 Å². The maximum absolute atomic E-state index is 5.15. The third-order valence-corrected chi connectivity index (χ3v) is 1.76. The lowest BCUT2D eigenvalue weighted by molar-refractivity contribution is 0.477. The molecule has 1 heteroatoms. The van der Waals surface area contributed by atoms with E-state index in [1.165, 1.54) is 12.8 Å². The van der Waals surface area contributed by atoms with Gasteiger partial charge in [-0.1, -0.05) is 13.8 Å². The average molecular weight is 153 g/mol. The summed E-state index contributed by atoms with van der Waals surface area (Å²) in [6.07, 6.45) is 8.49. The van der Waals surface area contributed by atoms with E-state index in [0.29, 0.717) is 0 Å². The third kappa shape index (κ3) is 7.42. The van der Waals surface area contributed by atoms with Gasteiger partial charge in [0.1, 0.15) is 0 Å². The Morgan fingerprint density at radius 1 is 1.55 bits per heavy atom. The van der Waals surface area contributed by atoms with E-state index < -0.39 is 0 Å². The highest BCUT2D eigenvalue weighted by molar-refractivity contribution is 4.83. The van der Waals surface area contributed by atoms with Crippen molar-refractivity contribution in [2.24, 2.45) is 5.92 Å². The van der Waals surface area contributed by atoms with Gasteiger partial charge in [0.15, 0.2) is 0 Å². The van der Waals surface area contributed by atoms with Crippen LogP contribution < -0.4 is 5.32 Å². The summed E-state index contributed by atoms with van der Waals surface area (Å²) in [5.74, 6) is 3.43. The summed E-state index contributed by atoms with van der Waals surface area (Å²) in [4.78, 5) is 0. The molecule has 0 saturated heterocycles. The van der Waals surface area contributed by atoms with Gasteiger partial charge < -0.3 is 5.32 Å². The molecule has 0 amide bonds. The maximum atomic E-state index is 5.15. The first-order chi connectivity index (χ1) is 5.31. The van der Waals surface area contributed by atoms with E-state index in [1.807, 2.05) is 0 Å². The molecule has 0 aliphatic rings. The molecule has 64 valence electrons. The number of hydrogen-bond acceptors (Lipinski definition) is 1. The van der Waals surface area contributed by atoms with Crippen molar-refractivity contribution in [3.8, 4) is 12.3 Å². The van der Waals surface area contributed by atoms with Gasteiger partial charge in [-0.25, -0.2) is 0 Å². The minimum Gasteiger partial charge on any atom is -0.317 e. The summed E-state index contributed by atoms with van der Waals surface area (Å²) >= 11 is 0. The van der Waals surface area contributed by atoms with E-state index in [-0.39, 0.29) is 0 Å². The molecule has 0 heterocycles. The molecule has 0 bridgehead atoms. The average Bonchev–Trinajstić information content (AvgIpc) is 2.01. The first-order valence-corrected chi connectivity index (χ1v) is 4.45. The Bertz CT molecular complexity index is 113. The molecule has 1 N–H and O–H groups in total. The van der Waals surface area contributed by atoms with Gasteiger partial charge in [-0.2, -0.15) is 0 Å². The lowest BCUT2D eigenvalue weighted by Gasteiger charge is -2.09. The molecule has 11 heavy (non-hydrogen) atoms. The summed E-state index contributed by atoms with van der Waals surface area (Å²) in [5, 5.41) is 3.32. The van der Waals surface area contributed by atoms with E-state index in [0.717, 1.165) is 25.4 Å². The molecule has 0 aliphatic heterocycles. The second kappa shape index (κ2) is 7.63. The fourth-order valence-electron chi connectivity index (χ4n) is 1.05.